The van der Waals surface area contributed by atoms with Crippen LogP contribution in [0.1, 0.15) is 0 Å². The summed E-state index contributed by atoms with van der Waals surface area (Å²) in [6.07, 6.45) is 1.11. The minimum absolute atomic E-state index is 0.0548. The number of pyridine rings is 1. The fraction of sp³-hybridized carbons (Fsp3) is 0. The molecule has 0 bridgehead atoms. The molecule has 4 heteroatoms. The lowest BCUT2D eigenvalue weighted by Gasteiger charge is -1.99. The molecule has 1 aromatic carbocycles. The van der Waals surface area contributed by atoms with E-state index in [-0.39, 0.29) is 16.7 Å². The normalized spacial score (nSPS) is 10.6. The van der Waals surface area contributed by atoms with E-state index >= 15 is 0 Å². The van der Waals surface area contributed by atoms with Crippen molar-refractivity contribution in [2.75, 3.05) is 0 Å². The van der Waals surface area contributed by atoms with E-state index in [1.807, 2.05) is 0 Å². The number of nitrogens with zero attached hydrogens (tertiary/aromatic N) is 1. The van der Waals surface area contributed by atoms with Crippen LogP contribution in [0.5, 0.6) is 5.75 Å². The summed E-state index contributed by atoms with van der Waals surface area (Å²) < 4.78 is 25.7. The smallest absolute Gasteiger partial charge is 0.152 e. The van der Waals surface area contributed by atoms with E-state index in [2.05, 4.69) is 4.98 Å². The number of benzene rings is 1. The average Bonchev–Trinajstić information content (AvgIpc) is 2.02. The predicted octanol–water partition coefficient (Wildman–Crippen LogP) is 2.22. The Morgan fingerprint density at radius 2 is 1.92 bits per heavy atom. The zero-order chi connectivity index (χ0) is 9.42. The van der Waals surface area contributed by atoms with Gasteiger partial charge in [-0.3, -0.25) is 0 Å². The van der Waals surface area contributed by atoms with Crippen molar-refractivity contribution < 1.29 is 13.9 Å². The first-order chi connectivity index (χ1) is 6.16. The van der Waals surface area contributed by atoms with Crippen molar-refractivity contribution in [1.29, 1.82) is 0 Å². The van der Waals surface area contributed by atoms with Crippen molar-refractivity contribution >= 4 is 10.9 Å². The van der Waals surface area contributed by atoms with Gasteiger partial charge in [-0.05, 0) is 12.1 Å². The van der Waals surface area contributed by atoms with Crippen molar-refractivity contribution in [1.82, 2.24) is 4.98 Å². The first kappa shape index (κ1) is 7.91. The van der Waals surface area contributed by atoms with Crippen molar-refractivity contribution in [3.05, 3.63) is 36.0 Å². The molecule has 0 saturated carbocycles. The van der Waals surface area contributed by atoms with E-state index in [4.69, 9.17) is 5.11 Å². The fourth-order valence-electron chi connectivity index (χ4n) is 1.16. The quantitative estimate of drug-likeness (QED) is 0.675. The third-order valence-electron chi connectivity index (χ3n) is 1.69. The number of hydrogen-bond acceptors (Lipinski definition) is 2. The minimum atomic E-state index is -0.727. The van der Waals surface area contributed by atoms with Gasteiger partial charge in [-0.15, -0.1) is 0 Å². The highest BCUT2D eigenvalue weighted by Gasteiger charge is 2.05. The van der Waals surface area contributed by atoms with E-state index in [9.17, 15) is 8.78 Å². The van der Waals surface area contributed by atoms with Crippen LogP contribution < -0.4 is 0 Å². The van der Waals surface area contributed by atoms with Crippen LogP contribution in [0, 0.1) is 11.6 Å². The van der Waals surface area contributed by atoms with Gasteiger partial charge in [0.05, 0.1) is 6.20 Å². The lowest BCUT2D eigenvalue weighted by Crippen LogP contribution is -1.86. The Balaban J connectivity index is 2.86. The third-order valence-corrected chi connectivity index (χ3v) is 1.69. The summed E-state index contributed by atoms with van der Waals surface area (Å²) in [6.45, 7) is 0. The second-order valence-electron chi connectivity index (χ2n) is 2.65. The Hall–Kier alpha value is -1.71. The van der Waals surface area contributed by atoms with Gasteiger partial charge in [-0.1, -0.05) is 0 Å². The zero-order valence-electron chi connectivity index (χ0n) is 6.46. The third kappa shape index (κ3) is 1.30. The Morgan fingerprint density at radius 3 is 2.69 bits per heavy atom. The Bertz CT molecular complexity index is 465. The summed E-state index contributed by atoms with van der Waals surface area (Å²) >= 11 is 0. The molecule has 0 aliphatic rings. The first-order valence-corrected chi connectivity index (χ1v) is 3.60. The van der Waals surface area contributed by atoms with Gasteiger partial charge in [0.2, 0.25) is 0 Å². The average molecular weight is 181 g/mol. The molecule has 2 aromatic rings. The molecule has 0 amide bonds. The number of halogens is 2. The van der Waals surface area contributed by atoms with E-state index in [0.717, 1.165) is 18.3 Å². The van der Waals surface area contributed by atoms with Crippen LogP contribution in [0.4, 0.5) is 8.78 Å². The zero-order valence-corrected chi connectivity index (χ0v) is 6.46. The number of aromatic nitrogens is 1. The summed E-state index contributed by atoms with van der Waals surface area (Å²) in [7, 11) is 0. The van der Waals surface area contributed by atoms with E-state index in [1.54, 1.807) is 0 Å². The predicted molar refractivity (Wildman–Crippen MR) is 43.3 cm³/mol. The van der Waals surface area contributed by atoms with Crippen molar-refractivity contribution in [2.45, 2.75) is 0 Å². The molecule has 1 heterocycles. The van der Waals surface area contributed by atoms with E-state index in [1.165, 1.54) is 6.07 Å². The molecule has 2 rings (SSSR count). The molecule has 0 aliphatic carbocycles. The molecule has 0 aliphatic heterocycles. The van der Waals surface area contributed by atoms with Crippen LogP contribution in [0.15, 0.2) is 24.4 Å². The highest BCUT2D eigenvalue weighted by Crippen LogP contribution is 2.20. The maximum atomic E-state index is 13.0. The molecule has 0 unspecified atom stereocenters. The molecule has 0 saturated heterocycles. The summed E-state index contributed by atoms with van der Waals surface area (Å²) in [5.41, 5.74) is 0.0548. The molecule has 2 nitrogen and oxygen atoms in total. The summed E-state index contributed by atoms with van der Waals surface area (Å²) in [5.74, 6) is -1.52. The largest absolute Gasteiger partial charge is 0.506 e. The molecule has 1 aromatic heterocycles. The summed E-state index contributed by atoms with van der Waals surface area (Å²) in [5, 5.41) is 9.25. The van der Waals surface area contributed by atoms with E-state index < -0.39 is 11.6 Å². The molecule has 0 radical (unpaired) electrons. The van der Waals surface area contributed by atoms with Gasteiger partial charge in [0.15, 0.2) is 5.82 Å². The van der Waals surface area contributed by atoms with Crippen molar-refractivity contribution in [3.8, 4) is 5.75 Å². The Labute approximate surface area is 72.5 Å². The highest BCUT2D eigenvalue weighted by atomic mass is 19.1. The fourth-order valence-corrected chi connectivity index (χ4v) is 1.16. The molecule has 13 heavy (non-hydrogen) atoms. The second kappa shape index (κ2) is 2.65. The van der Waals surface area contributed by atoms with Crippen molar-refractivity contribution in [2.24, 2.45) is 0 Å². The minimum Gasteiger partial charge on any atom is -0.506 e. The lowest BCUT2D eigenvalue weighted by molar-refractivity contribution is 0.473. The SMILES string of the molecule is Oc1cnc2c(F)cc(F)cc2c1. The van der Waals surface area contributed by atoms with Gasteiger partial charge in [-0.25, -0.2) is 13.8 Å². The number of rotatable bonds is 0. The number of fused-ring (bicyclic) bond motifs is 1. The van der Waals surface area contributed by atoms with Crippen LogP contribution >= 0.6 is 0 Å². The number of hydrogen-bond donors (Lipinski definition) is 1. The molecule has 0 atom stereocenters. The van der Waals surface area contributed by atoms with E-state index in [0.29, 0.717) is 0 Å². The van der Waals surface area contributed by atoms with Gasteiger partial charge in [0.25, 0.3) is 0 Å². The number of aromatic hydroxyl groups is 1. The molecule has 1 N–H and O–H groups in total. The maximum absolute atomic E-state index is 13.0. The molecular formula is C9H5F2NO. The van der Waals surface area contributed by atoms with Gasteiger partial charge >= 0.3 is 0 Å². The molecule has 0 spiro atoms. The summed E-state index contributed by atoms with van der Waals surface area (Å²) in [4.78, 5) is 3.63. The van der Waals surface area contributed by atoms with Crippen LogP contribution in [0.2, 0.25) is 0 Å². The monoisotopic (exact) mass is 181 g/mol. The Kier molecular flexibility index (Phi) is 1.62. The van der Waals surface area contributed by atoms with Crippen molar-refractivity contribution in [3.63, 3.8) is 0 Å². The van der Waals surface area contributed by atoms with Gasteiger partial charge in [0.1, 0.15) is 17.1 Å². The van der Waals surface area contributed by atoms with Gasteiger partial charge < -0.3 is 5.11 Å². The van der Waals surface area contributed by atoms with Crippen LogP contribution in [-0.4, -0.2) is 10.1 Å². The van der Waals surface area contributed by atoms with Gasteiger partial charge in [-0.2, -0.15) is 0 Å². The van der Waals surface area contributed by atoms with Gasteiger partial charge in [0, 0.05) is 11.5 Å². The molecule has 66 valence electrons. The molecular weight excluding hydrogens is 176 g/mol. The summed E-state index contributed by atoms with van der Waals surface area (Å²) in [6, 6.07) is 3.13. The lowest BCUT2D eigenvalue weighted by atomic mass is 10.2. The molecule has 0 fully saturated rings. The standard InChI is InChI=1S/C9H5F2NO/c10-6-1-5-2-7(13)4-12-9(5)8(11)3-6/h1-4,13H. The Morgan fingerprint density at radius 1 is 1.15 bits per heavy atom. The van der Waals surface area contributed by atoms with Crippen LogP contribution in [0.3, 0.4) is 0 Å². The van der Waals surface area contributed by atoms with Crippen LogP contribution in [-0.2, 0) is 0 Å². The van der Waals surface area contributed by atoms with Crippen LogP contribution in [0.25, 0.3) is 10.9 Å². The maximum Gasteiger partial charge on any atom is 0.152 e. The first-order valence-electron chi connectivity index (χ1n) is 3.60. The second-order valence-corrected chi connectivity index (χ2v) is 2.65. The highest BCUT2D eigenvalue weighted by molar-refractivity contribution is 5.80. The topological polar surface area (TPSA) is 33.1 Å².